The van der Waals surface area contributed by atoms with Gasteiger partial charge in [-0.3, -0.25) is 0 Å². The summed E-state index contributed by atoms with van der Waals surface area (Å²) in [5, 5.41) is 0.265. The minimum atomic E-state index is -4.71. The van der Waals surface area contributed by atoms with Crippen LogP contribution in [0.3, 0.4) is 0 Å². The number of para-hydroxylation sites is 1. The van der Waals surface area contributed by atoms with E-state index < -0.39 is 11.9 Å². The van der Waals surface area contributed by atoms with Crippen LogP contribution in [0, 0.1) is 0 Å². The van der Waals surface area contributed by atoms with E-state index in [0.29, 0.717) is 11.3 Å². The first-order chi connectivity index (χ1) is 17.2. The SMILES string of the molecule is C=Cc1cccc(Cl)c1N=C(C=C(N)C(F)(F)F)COc1ccc(-c2c(C=C)cccc2CC)cc1. The van der Waals surface area contributed by atoms with Gasteiger partial charge in [0.2, 0.25) is 0 Å². The molecule has 0 fully saturated rings. The molecule has 186 valence electrons. The first kappa shape index (κ1) is 26.8. The highest BCUT2D eigenvalue weighted by molar-refractivity contribution is 6.33. The molecule has 3 aromatic carbocycles. The lowest BCUT2D eigenvalue weighted by Crippen LogP contribution is -2.22. The molecule has 2 N–H and O–H groups in total. The fraction of sp³-hybridized carbons (Fsp3) is 0.138. The number of rotatable bonds is 9. The first-order valence-electron chi connectivity index (χ1n) is 11.2. The fourth-order valence-corrected chi connectivity index (χ4v) is 3.86. The third-order valence-electron chi connectivity index (χ3n) is 5.46. The predicted molar refractivity (Wildman–Crippen MR) is 144 cm³/mol. The fourth-order valence-electron chi connectivity index (χ4n) is 3.64. The smallest absolute Gasteiger partial charge is 0.430 e. The average Bonchev–Trinajstić information content (AvgIpc) is 2.87. The van der Waals surface area contributed by atoms with Crippen molar-refractivity contribution in [2.45, 2.75) is 19.5 Å². The molecule has 0 aromatic heterocycles. The van der Waals surface area contributed by atoms with Crippen molar-refractivity contribution < 1.29 is 17.9 Å². The highest BCUT2D eigenvalue weighted by Crippen LogP contribution is 2.32. The highest BCUT2D eigenvalue weighted by Gasteiger charge is 2.31. The van der Waals surface area contributed by atoms with E-state index in [0.717, 1.165) is 29.2 Å². The van der Waals surface area contributed by atoms with Crippen molar-refractivity contribution in [2.75, 3.05) is 6.61 Å². The maximum Gasteiger partial charge on any atom is 0.430 e. The molecule has 36 heavy (non-hydrogen) atoms. The van der Waals surface area contributed by atoms with Crippen LogP contribution in [0.25, 0.3) is 23.3 Å². The van der Waals surface area contributed by atoms with Gasteiger partial charge < -0.3 is 10.5 Å². The van der Waals surface area contributed by atoms with Gasteiger partial charge in [-0.25, -0.2) is 4.99 Å². The molecule has 0 bridgehead atoms. The highest BCUT2D eigenvalue weighted by atomic mass is 35.5. The number of aliphatic imine (C=N–C) groups is 1. The second-order valence-electron chi connectivity index (χ2n) is 7.83. The molecule has 3 nitrogen and oxygen atoms in total. The van der Waals surface area contributed by atoms with Crippen molar-refractivity contribution in [1.29, 1.82) is 0 Å². The van der Waals surface area contributed by atoms with Crippen LogP contribution in [0.2, 0.25) is 5.02 Å². The Morgan fingerprint density at radius 2 is 1.64 bits per heavy atom. The lowest BCUT2D eigenvalue weighted by Gasteiger charge is -2.14. The zero-order valence-corrected chi connectivity index (χ0v) is 20.5. The summed E-state index contributed by atoms with van der Waals surface area (Å²) in [5.41, 5.74) is 9.03. The van der Waals surface area contributed by atoms with Crippen molar-refractivity contribution in [2.24, 2.45) is 10.7 Å². The quantitative estimate of drug-likeness (QED) is 0.294. The number of nitrogens with zero attached hydrogens (tertiary/aromatic N) is 1. The minimum Gasteiger partial charge on any atom is -0.487 e. The molecular weight excluding hydrogens is 485 g/mol. The minimum absolute atomic E-state index is 0.0460. The molecule has 0 atom stereocenters. The monoisotopic (exact) mass is 510 g/mol. The number of allylic oxidation sites excluding steroid dienone is 1. The Morgan fingerprint density at radius 3 is 2.25 bits per heavy atom. The van der Waals surface area contributed by atoms with Gasteiger partial charge in [0.25, 0.3) is 0 Å². The van der Waals surface area contributed by atoms with E-state index in [1.165, 1.54) is 11.6 Å². The molecule has 0 saturated carbocycles. The maximum atomic E-state index is 13.1. The molecule has 7 heteroatoms. The van der Waals surface area contributed by atoms with E-state index in [-0.39, 0.29) is 23.0 Å². The second-order valence-corrected chi connectivity index (χ2v) is 8.24. The standard InChI is InChI=1S/C29H26ClF3N2O/c1-4-19-9-7-10-20(5-2)27(19)22-13-15-24(16-14-22)36-18-23(17-26(34)29(31,32)33)35-28-21(6-3)11-8-12-25(28)30/h4,6-17H,1,3,5,18,34H2,2H3. The van der Waals surface area contributed by atoms with Crippen molar-refractivity contribution in [1.82, 2.24) is 0 Å². The summed E-state index contributed by atoms with van der Waals surface area (Å²) >= 11 is 6.24. The number of nitrogens with two attached hydrogens (primary N) is 1. The molecule has 3 aromatic rings. The number of ether oxygens (including phenoxy) is 1. The molecule has 0 aliphatic rings. The summed E-state index contributed by atoms with van der Waals surface area (Å²) in [6, 6.07) is 18.4. The average molecular weight is 511 g/mol. The Labute approximate surface area is 214 Å². The molecule has 0 unspecified atom stereocenters. The van der Waals surface area contributed by atoms with Crippen LogP contribution >= 0.6 is 11.6 Å². The van der Waals surface area contributed by atoms with Gasteiger partial charge in [-0.2, -0.15) is 13.2 Å². The van der Waals surface area contributed by atoms with Crippen molar-refractivity contribution in [3.63, 3.8) is 0 Å². The molecule has 0 aliphatic carbocycles. The normalized spacial score (nSPS) is 12.4. The van der Waals surface area contributed by atoms with E-state index in [2.05, 4.69) is 31.1 Å². The van der Waals surface area contributed by atoms with E-state index in [1.54, 1.807) is 30.3 Å². The van der Waals surface area contributed by atoms with Gasteiger partial charge in [-0.15, -0.1) is 0 Å². The summed E-state index contributed by atoms with van der Waals surface area (Å²) in [4.78, 5) is 4.33. The molecule has 0 heterocycles. The van der Waals surface area contributed by atoms with Gasteiger partial charge >= 0.3 is 6.18 Å². The zero-order chi connectivity index (χ0) is 26.3. The van der Waals surface area contributed by atoms with E-state index in [9.17, 15) is 13.2 Å². The van der Waals surface area contributed by atoms with Crippen LogP contribution in [-0.4, -0.2) is 18.5 Å². The van der Waals surface area contributed by atoms with Crippen LogP contribution in [-0.2, 0) is 6.42 Å². The zero-order valence-electron chi connectivity index (χ0n) is 19.8. The third-order valence-corrected chi connectivity index (χ3v) is 5.76. The van der Waals surface area contributed by atoms with Gasteiger partial charge in [-0.05, 0) is 52.9 Å². The molecule has 0 spiro atoms. The summed E-state index contributed by atoms with van der Waals surface area (Å²) in [6.45, 7) is 9.43. The van der Waals surface area contributed by atoms with Gasteiger partial charge in [0, 0.05) is 5.56 Å². The molecule has 0 radical (unpaired) electrons. The van der Waals surface area contributed by atoms with Crippen molar-refractivity contribution in [3.05, 3.63) is 107 Å². The van der Waals surface area contributed by atoms with E-state index in [4.69, 9.17) is 22.1 Å². The maximum absolute atomic E-state index is 13.1. The molecule has 0 amide bonds. The van der Waals surface area contributed by atoms with Crippen molar-refractivity contribution in [3.8, 4) is 16.9 Å². The largest absolute Gasteiger partial charge is 0.487 e. The number of alkyl halides is 3. The van der Waals surface area contributed by atoms with Gasteiger partial charge in [0.1, 0.15) is 18.1 Å². The number of hydrogen-bond donors (Lipinski definition) is 1. The Balaban J connectivity index is 1.92. The number of halogens is 4. The lowest BCUT2D eigenvalue weighted by atomic mass is 9.93. The third kappa shape index (κ3) is 6.46. The Hall–Kier alpha value is -3.77. The molecule has 0 aliphatic heterocycles. The van der Waals surface area contributed by atoms with Gasteiger partial charge in [0.15, 0.2) is 0 Å². The van der Waals surface area contributed by atoms with Crippen LogP contribution in [0.1, 0.15) is 23.6 Å². The summed E-state index contributed by atoms with van der Waals surface area (Å²) in [6.07, 6.45) is 0.227. The Bertz CT molecular complexity index is 1310. The molecular formula is C29H26ClF3N2O. The first-order valence-corrected chi connectivity index (χ1v) is 11.6. The van der Waals surface area contributed by atoms with Crippen LogP contribution in [0.5, 0.6) is 5.75 Å². The Morgan fingerprint density at radius 1 is 1.00 bits per heavy atom. The molecule has 3 rings (SSSR count). The van der Waals surface area contributed by atoms with E-state index >= 15 is 0 Å². The van der Waals surface area contributed by atoms with Crippen LogP contribution < -0.4 is 10.5 Å². The van der Waals surface area contributed by atoms with E-state index in [1.807, 2.05) is 30.3 Å². The van der Waals surface area contributed by atoms with Gasteiger partial charge in [-0.1, -0.05) is 86.3 Å². The second kappa shape index (κ2) is 11.8. The predicted octanol–water partition coefficient (Wildman–Crippen LogP) is 8.41. The number of aryl methyl sites for hydroxylation is 1. The topological polar surface area (TPSA) is 47.6 Å². The van der Waals surface area contributed by atoms with Crippen LogP contribution in [0.15, 0.2) is 90.6 Å². The summed E-state index contributed by atoms with van der Waals surface area (Å²) in [5.74, 6) is 0.461. The number of hydrogen-bond acceptors (Lipinski definition) is 3. The van der Waals surface area contributed by atoms with Crippen LogP contribution in [0.4, 0.5) is 18.9 Å². The Kier molecular flexibility index (Phi) is 8.78. The summed E-state index contributed by atoms with van der Waals surface area (Å²) in [7, 11) is 0. The molecule has 0 saturated heterocycles. The summed E-state index contributed by atoms with van der Waals surface area (Å²) < 4.78 is 45.2. The van der Waals surface area contributed by atoms with Gasteiger partial charge in [0.05, 0.1) is 16.4 Å². The number of benzene rings is 3. The van der Waals surface area contributed by atoms with Crippen molar-refractivity contribution >= 4 is 35.2 Å². The lowest BCUT2D eigenvalue weighted by molar-refractivity contribution is -0.0925.